The van der Waals surface area contributed by atoms with Crippen LogP contribution in [0.2, 0.25) is 15.1 Å². The summed E-state index contributed by atoms with van der Waals surface area (Å²) in [5, 5.41) is 12.4. The van der Waals surface area contributed by atoms with E-state index in [1.807, 2.05) is 38.1 Å². The van der Waals surface area contributed by atoms with E-state index in [1.165, 1.54) is 4.68 Å². The summed E-state index contributed by atoms with van der Waals surface area (Å²) in [5.74, 6) is 0.368. The first-order chi connectivity index (χ1) is 19.1. The molecule has 1 saturated heterocycles. The van der Waals surface area contributed by atoms with E-state index in [1.54, 1.807) is 12.1 Å². The predicted molar refractivity (Wildman–Crippen MR) is 160 cm³/mol. The Bertz CT molecular complexity index is 1590. The van der Waals surface area contributed by atoms with E-state index in [0.29, 0.717) is 68.0 Å². The molecule has 1 fully saturated rings. The zero-order valence-electron chi connectivity index (χ0n) is 22.4. The van der Waals surface area contributed by atoms with Gasteiger partial charge in [0.1, 0.15) is 16.9 Å². The molecule has 1 atom stereocenters. The second-order valence-corrected chi connectivity index (χ2v) is 11.6. The first kappa shape index (κ1) is 28.6. The Morgan fingerprint density at radius 2 is 1.85 bits per heavy atom. The molecule has 210 valence electrons. The third-order valence-corrected chi connectivity index (χ3v) is 7.58. The zero-order chi connectivity index (χ0) is 28.6. The average Bonchev–Trinajstić information content (AvgIpc) is 3.25. The van der Waals surface area contributed by atoms with Crippen LogP contribution in [0, 0.1) is 0 Å². The Morgan fingerprint density at radius 1 is 1.15 bits per heavy atom. The van der Waals surface area contributed by atoms with Crippen molar-refractivity contribution in [3.8, 4) is 5.69 Å². The number of benzene rings is 2. The van der Waals surface area contributed by atoms with Crippen molar-refractivity contribution >= 4 is 57.4 Å². The number of aromatic nitrogens is 4. The normalized spacial score (nSPS) is 16.1. The molecule has 4 aromatic rings. The highest BCUT2D eigenvalue weighted by Gasteiger charge is 2.23. The number of nitrogens with zero attached hydrogens (tertiary/aromatic N) is 4. The maximum absolute atomic E-state index is 13.3. The van der Waals surface area contributed by atoms with Crippen molar-refractivity contribution in [3.63, 3.8) is 0 Å². The summed E-state index contributed by atoms with van der Waals surface area (Å²) in [6.45, 7) is 8.94. The van der Waals surface area contributed by atoms with E-state index in [9.17, 15) is 9.59 Å². The number of hydrogen-bond donors (Lipinski definition) is 3. The SMILES string of the molecule is CC1CN(CC(=O)Nc2ccc(Cc3nc4c(c(C(C)C)nn4-c4c(Cl)cc(Cl)cc4Cl)c(=O)[nH]3)cc2)CCN1. The van der Waals surface area contributed by atoms with Crippen LogP contribution in [0.3, 0.4) is 0 Å². The molecule has 1 amide bonds. The fraction of sp³-hybridized carbons (Fsp3) is 0.357. The Labute approximate surface area is 246 Å². The molecule has 12 heteroatoms. The van der Waals surface area contributed by atoms with E-state index in [-0.39, 0.29) is 17.4 Å². The number of rotatable bonds is 7. The Balaban J connectivity index is 1.39. The summed E-state index contributed by atoms with van der Waals surface area (Å²) >= 11 is 19.1. The molecule has 3 N–H and O–H groups in total. The average molecular weight is 603 g/mol. The Morgan fingerprint density at radius 3 is 2.50 bits per heavy atom. The number of H-pyrrole nitrogens is 1. The first-order valence-corrected chi connectivity index (χ1v) is 14.2. The molecule has 40 heavy (non-hydrogen) atoms. The monoisotopic (exact) mass is 601 g/mol. The van der Waals surface area contributed by atoms with Crippen LogP contribution in [0.15, 0.2) is 41.2 Å². The summed E-state index contributed by atoms with van der Waals surface area (Å²) in [6, 6.07) is 11.0. The molecular weight excluding hydrogens is 573 g/mol. The fourth-order valence-corrected chi connectivity index (χ4v) is 5.91. The van der Waals surface area contributed by atoms with Gasteiger partial charge in [-0.15, -0.1) is 0 Å². The lowest BCUT2D eigenvalue weighted by molar-refractivity contribution is -0.117. The smallest absolute Gasteiger partial charge is 0.262 e. The van der Waals surface area contributed by atoms with Crippen molar-refractivity contribution in [2.24, 2.45) is 0 Å². The molecule has 1 aliphatic rings. The second kappa shape index (κ2) is 11.9. The maximum atomic E-state index is 13.3. The second-order valence-electron chi connectivity index (χ2n) is 10.4. The van der Waals surface area contributed by atoms with Gasteiger partial charge in [0.25, 0.3) is 5.56 Å². The molecule has 5 rings (SSSR count). The Kier molecular flexibility index (Phi) is 8.49. The van der Waals surface area contributed by atoms with E-state index >= 15 is 0 Å². The number of amides is 1. The molecule has 3 heterocycles. The molecule has 0 bridgehead atoms. The molecule has 2 aromatic heterocycles. The summed E-state index contributed by atoms with van der Waals surface area (Å²) in [6.07, 6.45) is 0.363. The van der Waals surface area contributed by atoms with E-state index in [4.69, 9.17) is 39.8 Å². The molecule has 0 saturated carbocycles. The van der Waals surface area contributed by atoms with Crippen LogP contribution in [-0.4, -0.2) is 62.8 Å². The van der Waals surface area contributed by atoms with Crippen LogP contribution in [0.1, 0.15) is 43.8 Å². The van der Waals surface area contributed by atoms with Gasteiger partial charge in [0.2, 0.25) is 5.91 Å². The summed E-state index contributed by atoms with van der Waals surface area (Å²) in [5.41, 5.74) is 2.69. The van der Waals surface area contributed by atoms with Crippen LogP contribution in [0.25, 0.3) is 16.7 Å². The van der Waals surface area contributed by atoms with Gasteiger partial charge in [-0.25, -0.2) is 9.67 Å². The highest BCUT2D eigenvalue weighted by atomic mass is 35.5. The van der Waals surface area contributed by atoms with Gasteiger partial charge in [-0.1, -0.05) is 60.8 Å². The van der Waals surface area contributed by atoms with Crippen molar-refractivity contribution in [3.05, 3.63) is 78.9 Å². The lowest BCUT2D eigenvalue weighted by Crippen LogP contribution is -2.51. The fourth-order valence-electron chi connectivity index (χ4n) is 4.94. The van der Waals surface area contributed by atoms with E-state index in [0.717, 1.165) is 25.2 Å². The minimum absolute atomic E-state index is 0.0416. The minimum Gasteiger partial charge on any atom is -0.325 e. The van der Waals surface area contributed by atoms with E-state index in [2.05, 4.69) is 32.5 Å². The first-order valence-electron chi connectivity index (χ1n) is 13.1. The summed E-state index contributed by atoms with van der Waals surface area (Å²) in [7, 11) is 0. The van der Waals surface area contributed by atoms with Gasteiger partial charge in [-0.05, 0) is 42.7 Å². The van der Waals surface area contributed by atoms with Crippen molar-refractivity contribution in [1.82, 2.24) is 30.0 Å². The molecule has 1 aliphatic heterocycles. The van der Waals surface area contributed by atoms with Crippen LogP contribution in [0.4, 0.5) is 5.69 Å². The lowest BCUT2D eigenvalue weighted by Gasteiger charge is -2.31. The molecule has 0 radical (unpaired) electrons. The van der Waals surface area contributed by atoms with Gasteiger partial charge in [-0.2, -0.15) is 5.10 Å². The third kappa shape index (κ3) is 6.19. The van der Waals surface area contributed by atoms with E-state index < -0.39 is 0 Å². The highest BCUT2D eigenvalue weighted by molar-refractivity contribution is 6.40. The number of aromatic amines is 1. The standard InChI is InChI=1S/C28H30Cl3N7O2/c1-15(2)25-24-27(38(36-25)26-20(30)11-18(29)12-21(26)31)34-22(35-28(24)40)10-17-4-6-19(7-5-17)33-23(39)14-37-9-8-32-16(3)13-37/h4-7,11-12,15-16,32H,8-10,13-14H2,1-3H3,(H,33,39)(H,34,35,40). The van der Waals surface area contributed by atoms with Crippen molar-refractivity contribution in [2.75, 3.05) is 31.5 Å². The number of nitrogens with one attached hydrogen (secondary N) is 3. The number of fused-ring (bicyclic) bond motifs is 1. The van der Waals surface area contributed by atoms with Gasteiger partial charge in [-0.3, -0.25) is 14.5 Å². The minimum atomic E-state index is -0.290. The lowest BCUT2D eigenvalue weighted by atomic mass is 10.1. The quantitative estimate of drug-likeness (QED) is 0.274. The number of halogens is 3. The van der Waals surface area contributed by atoms with Crippen molar-refractivity contribution in [1.29, 1.82) is 0 Å². The van der Waals surface area contributed by atoms with Crippen LogP contribution in [0.5, 0.6) is 0 Å². The van der Waals surface area contributed by atoms with Crippen LogP contribution < -0.4 is 16.2 Å². The number of hydrogen-bond acceptors (Lipinski definition) is 6. The zero-order valence-corrected chi connectivity index (χ0v) is 24.7. The van der Waals surface area contributed by atoms with Gasteiger partial charge in [0, 0.05) is 42.8 Å². The number of carbonyl (C=O) groups excluding carboxylic acids is 1. The number of piperazine rings is 1. The van der Waals surface area contributed by atoms with Gasteiger partial charge in [0.05, 0.1) is 22.3 Å². The van der Waals surface area contributed by atoms with Gasteiger partial charge in [0.15, 0.2) is 5.65 Å². The molecular formula is C28H30Cl3N7O2. The Hall–Kier alpha value is -2.95. The van der Waals surface area contributed by atoms with Crippen LogP contribution in [-0.2, 0) is 11.2 Å². The molecule has 0 spiro atoms. The van der Waals surface area contributed by atoms with Crippen LogP contribution >= 0.6 is 34.8 Å². The topological polar surface area (TPSA) is 108 Å². The molecule has 9 nitrogen and oxygen atoms in total. The van der Waals surface area contributed by atoms with Gasteiger partial charge < -0.3 is 15.6 Å². The molecule has 1 unspecified atom stereocenters. The number of anilines is 1. The van der Waals surface area contributed by atoms with Crippen molar-refractivity contribution in [2.45, 2.75) is 39.2 Å². The maximum Gasteiger partial charge on any atom is 0.262 e. The molecule has 2 aromatic carbocycles. The number of carbonyl (C=O) groups is 1. The van der Waals surface area contributed by atoms with Crippen molar-refractivity contribution < 1.29 is 4.79 Å². The predicted octanol–water partition coefficient (Wildman–Crippen LogP) is 5.02. The molecule has 0 aliphatic carbocycles. The highest BCUT2D eigenvalue weighted by Crippen LogP contribution is 2.34. The third-order valence-electron chi connectivity index (χ3n) is 6.78. The summed E-state index contributed by atoms with van der Waals surface area (Å²) < 4.78 is 1.52. The van der Waals surface area contributed by atoms with Gasteiger partial charge >= 0.3 is 0 Å². The summed E-state index contributed by atoms with van der Waals surface area (Å²) in [4.78, 5) is 35.6. The largest absolute Gasteiger partial charge is 0.325 e.